The molecule has 0 saturated carbocycles. The number of anilines is 1. The lowest BCUT2D eigenvalue weighted by atomic mass is 10.1. The molecule has 1 fully saturated rings. The summed E-state index contributed by atoms with van der Waals surface area (Å²) in [6.07, 6.45) is 4.35. The van der Waals surface area contributed by atoms with E-state index in [0.717, 1.165) is 31.6 Å². The highest BCUT2D eigenvalue weighted by molar-refractivity contribution is 6.38. The van der Waals surface area contributed by atoms with E-state index in [9.17, 15) is 9.59 Å². The number of hydrogen-bond donors (Lipinski definition) is 1. The number of hydrazone groups is 1. The van der Waals surface area contributed by atoms with Crippen LogP contribution in [0.4, 0.5) is 5.69 Å². The van der Waals surface area contributed by atoms with Crippen LogP contribution in [0.1, 0.15) is 38.5 Å². The standard InChI is InChI=1S/C18H25N3O3/c1-24-17(23)12-8-11-16(22)18(21-13-6-3-7-14-21)20-19-15-9-4-2-5-10-15/h2,4-5,9-10,19H,3,6-8,11-14H2,1H3/b20-18+. The van der Waals surface area contributed by atoms with Gasteiger partial charge in [0.25, 0.3) is 0 Å². The summed E-state index contributed by atoms with van der Waals surface area (Å²) in [5.41, 5.74) is 3.81. The van der Waals surface area contributed by atoms with Gasteiger partial charge in [-0.25, -0.2) is 0 Å². The van der Waals surface area contributed by atoms with E-state index in [1.165, 1.54) is 13.5 Å². The zero-order valence-electron chi connectivity index (χ0n) is 14.2. The molecule has 1 aliphatic rings. The SMILES string of the molecule is COC(=O)CCCC(=O)/C(=N\Nc1ccccc1)N1CCCCC1. The molecule has 0 unspecified atom stereocenters. The molecule has 1 heterocycles. The van der Waals surface area contributed by atoms with Crippen LogP contribution in [-0.4, -0.2) is 42.7 Å². The van der Waals surface area contributed by atoms with Crippen molar-refractivity contribution in [3.63, 3.8) is 0 Å². The number of ether oxygens (including phenoxy) is 1. The molecular weight excluding hydrogens is 306 g/mol. The summed E-state index contributed by atoms with van der Waals surface area (Å²) in [6.45, 7) is 1.69. The molecule has 6 heteroatoms. The number of nitrogens with zero attached hydrogens (tertiary/aromatic N) is 2. The van der Waals surface area contributed by atoms with Gasteiger partial charge in [0, 0.05) is 25.9 Å². The number of likely N-dealkylation sites (tertiary alicyclic amines) is 1. The van der Waals surface area contributed by atoms with Crippen molar-refractivity contribution >= 4 is 23.3 Å². The van der Waals surface area contributed by atoms with Gasteiger partial charge in [0.15, 0.2) is 11.6 Å². The highest BCUT2D eigenvalue weighted by Gasteiger charge is 2.21. The van der Waals surface area contributed by atoms with Gasteiger partial charge >= 0.3 is 5.97 Å². The molecule has 6 nitrogen and oxygen atoms in total. The Labute approximate surface area is 142 Å². The van der Waals surface area contributed by atoms with Gasteiger partial charge in [-0.05, 0) is 37.8 Å². The Morgan fingerprint density at radius 3 is 2.50 bits per heavy atom. The molecule has 0 aliphatic carbocycles. The second-order valence-electron chi connectivity index (χ2n) is 5.81. The van der Waals surface area contributed by atoms with Crippen LogP contribution in [0.5, 0.6) is 0 Å². The molecule has 1 aliphatic heterocycles. The maximum absolute atomic E-state index is 12.6. The van der Waals surface area contributed by atoms with E-state index < -0.39 is 0 Å². The average Bonchev–Trinajstić information content (AvgIpc) is 2.63. The van der Waals surface area contributed by atoms with E-state index in [1.807, 2.05) is 35.2 Å². The van der Waals surface area contributed by atoms with Crippen molar-refractivity contribution in [1.82, 2.24) is 4.90 Å². The maximum atomic E-state index is 12.6. The van der Waals surface area contributed by atoms with Crippen LogP contribution < -0.4 is 5.43 Å². The van der Waals surface area contributed by atoms with Crippen molar-refractivity contribution in [2.75, 3.05) is 25.6 Å². The lowest BCUT2D eigenvalue weighted by Crippen LogP contribution is -2.40. The fourth-order valence-corrected chi connectivity index (χ4v) is 2.65. The Kier molecular flexibility index (Phi) is 7.26. The smallest absolute Gasteiger partial charge is 0.305 e. The van der Waals surface area contributed by atoms with E-state index in [2.05, 4.69) is 15.3 Å². The Morgan fingerprint density at radius 1 is 1.12 bits per heavy atom. The number of hydrogen-bond acceptors (Lipinski definition) is 5. The molecule has 0 radical (unpaired) electrons. The number of Topliss-reactive ketones (excluding diaryl/α,β-unsaturated/α-hetero) is 1. The predicted octanol–water partition coefficient (Wildman–Crippen LogP) is 2.81. The van der Waals surface area contributed by atoms with E-state index in [-0.39, 0.29) is 18.2 Å². The highest BCUT2D eigenvalue weighted by atomic mass is 16.5. The monoisotopic (exact) mass is 331 g/mol. The molecule has 24 heavy (non-hydrogen) atoms. The summed E-state index contributed by atoms with van der Waals surface area (Å²) in [4.78, 5) is 25.8. The first-order valence-corrected chi connectivity index (χ1v) is 8.44. The van der Waals surface area contributed by atoms with Crippen LogP contribution in [0.25, 0.3) is 0 Å². The third kappa shape index (κ3) is 5.68. The van der Waals surface area contributed by atoms with Crippen molar-refractivity contribution in [2.24, 2.45) is 5.10 Å². The third-order valence-corrected chi connectivity index (χ3v) is 3.98. The first-order valence-electron chi connectivity index (χ1n) is 8.44. The normalized spacial score (nSPS) is 15.0. The first kappa shape index (κ1) is 18.0. The van der Waals surface area contributed by atoms with Gasteiger partial charge in [-0.15, -0.1) is 0 Å². The second-order valence-corrected chi connectivity index (χ2v) is 5.81. The maximum Gasteiger partial charge on any atom is 0.305 e. The minimum atomic E-state index is -0.290. The van der Waals surface area contributed by atoms with Gasteiger partial charge in [-0.1, -0.05) is 18.2 Å². The van der Waals surface area contributed by atoms with Gasteiger partial charge in [0.1, 0.15) is 0 Å². The summed E-state index contributed by atoms with van der Waals surface area (Å²) >= 11 is 0. The van der Waals surface area contributed by atoms with Crippen molar-refractivity contribution < 1.29 is 14.3 Å². The van der Waals surface area contributed by atoms with Gasteiger partial charge in [0.2, 0.25) is 0 Å². The van der Waals surface area contributed by atoms with E-state index in [4.69, 9.17) is 0 Å². The molecule has 1 aromatic rings. The van der Waals surface area contributed by atoms with E-state index >= 15 is 0 Å². The molecule has 0 spiro atoms. The molecule has 0 bridgehead atoms. The van der Waals surface area contributed by atoms with Crippen molar-refractivity contribution in [1.29, 1.82) is 0 Å². The Morgan fingerprint density at radius 2 is 1.83 bits per heavy atom. The van der Waals surface area contributed by atoms with Crippen LogP contribution in [-0.2, 0) is 14.3 Å². The number of esters is 1. The summed E-state index contributed by atoms with van der Waals surface area (Å²) in [5, 5.41) is 4.36. The molecule has 0 aromatic heterocycles. The number of piperidine rings is 1. The number of amidine groups is 1. The Balaban J connectivity index is 2.01. The molecule has 2 rings (SSSR count). The Bertz CT molecular complexity index is 566. The van der Waals surface area contributed by atoms with Gasteiger partial charge < -0.3 is 9.64 Å². The van der Waals surface area contributed by atoms with Crippen LogP contribution >= 0.6 is 0 Å². The molecule has 1 aromatic carbocycles. The molecule has 1 N–H and O–H groups in total. The van der Waals surface area contributed by atoms with Gasteiger partial charge in [-0.3, -0.25) is 15.0 Å². The molecular formula is C18H25N3O3. The fraction of sp³-hybridized carbons (Fsp3) is 0.500. The number of nitrogens with one attached hydrogen (secondary N) is 1. The number of benzene rings is 1. The summed E-state index contributed by atoms with van der Waals surface area (Å²) < 4.78 is 4.61. The largest absolute Gasteiger partial charge is 0.469 e. The van der Waals surface area contributed by atoms with E-state index in [0.29, 0.717) is 18.7 Å². The summed E-state index contributed by atoms with van der Waals surface area (Å²) in [5.74, 6) is 0.134. The van der Waals surface area contributed by atoms with Crippen LogP contribution in [0, 0.1) is 0 Å². The number of ketones is 1. The minimum Gasteiger partial charge on any atom is -0.469 e. The molecule has 1 saturated heterocycles. The number of carbonyl (C=O) groups excluding carboxylic acids is 2. The van der Waals surface area contributed by atoms with Crippen molar-refractivity contribution in [3.8, 4) is 0 Å². The van der Waals surface area contributed by atoms with Crippen LogP contribution in [0.2, 0.25) is 0 Å². The zero-order chi connectivity index (χ0) is 17.2. The van der Waals surface area contributed by atoms with Gasteiger partial charge in [-0.2, -0.15) is 5.10 Å². The zero-order valence-corrected chi connectivity index (χ0v) is 14.2. The third-order valence-electron chi connectivity index (χ3n) is 3.98. The highest BCUT2D eigenvalue weighted by Crippen LogP contribution is 2.13. The molecule has 0 amide bonds. The summed E-state index contributed by atoms with van der Waals surface area (Å²) in [6, 6.07) is 9.56. The molecule has 0 atom stereocenters. The summed E-state index contributed by atoms with van der Waals surface area (Å²) in [7, 11) is 1.36. The lowest BCUT2D eigenvalue weighted by Gasteiger charge is -2.29. The topological polar surface area (TPSA) is 71.0 Å². The lowest BCUT2D eigenvalue weighted by molar-refractivity contribution is -0.140. The second kappa shape index (κ2) is 9.70. The number of para-hydroxylation sites is 1. The molecule has 130 valence electrons. The average molecular weight is 331 g/mol. The number of carbonyl (C=O) groups is 2. The van der Waals surface area contributed by atoms with Gasteiger partial charge in [0.05, 0.1) is 12.8 Å². The van der Waals surface area contributed by atoms with Crippen LogP contribution in [0.3, 0.4) is 0 Å². The first-order chi connectivity index (χ1) is 11.7. The fourth-order valence-electron chi connectivity index (χ4n) is 2.65. The number of methoxy groups -OCH3 is 1. The van der Waals surface area contributed by atoms with Crippen molar-refractivity contribution in [2.45, 2.75) is 38.5 Å². The van der Waals surface area contributed by atoms with Crippen molar-refractivity contribution in [3.05, 3.63) is 30.3 Å². The number of rotatable bonds is 7. The predicted molar refractivity (Wildman–Crippen MR) is 93.8 cm³/mol. The van der Waals surface area contributed by atoms with Crippen LogP contribution in [0.15, 0.2) is 35.4 Å². The van der Waals surface area contributed by atoms with E-state index in [1.54, 1.807) is 0 Å². The Hall–Kier alpha value is -2.37. The quantitative estimate of drug-likeness (QED) is 0.360. The minimum absolute atomic E-state index is 0.0377.